The first kappa shape index (κ1) is 15.5. The molecule has 0 amide bonds. The zero-order valence-corrected chi connectivity index (χ0v) is 12.7. The third-order valence-corrected chi connectivity index (χ3v) is 5.04. The lowest BCUT2D eigenvalue weighted by Crippen LogP contribution is -3.00. The number of halogens is 4. The molecule has 0 fully saturated rings. The first-order chi connectivity index (χ1) is 7.80. The van der Waals surface area contributed by atoms with Crippen LogP contribution in [-0.4, -0.2) is 0 Å². The van der Waals surface area contributed by atoms with Crippen LogP contribution in [0.2, 0.25) is 0 Å². The van der Waals surface area contributed by atoms with Crippen LogP contribution in [0, 0.1) is 6.92 Å². The van der Waals surface area contributed by atoms with E-state index in [4.69, 9.17) is 0 Å². The molecule has 1 atom stereocenters. The standard InChI is InChI=1S/C13H14F3S.BrH/c1-8(2)11-7-10-5-4-9(3)6-12(10)17(11)13(14,15)16;/h4-8H,1-3H3;1H/q+1;/p-1. The summed E-state index contributed by atoms with van der Waals surface area (Å²) < 4.78 is 39.9. The van der Waals surface area contributed by atoms with Gasteiger partial charge in [-0.2, -0.15) is 0 Å². The molecule has 0 saturated carbocycles. The monoisotopic (exact) mass is 338 g/mol. The number of rotatable bonds is 1. The van der Waals surface area contributed by atoms with Gasteiger partial charge in [0, 0.05) is 23.4 Å². The minimum atomic E-state index is -4.17. The second-order valence-corrected chi connectivity index (χ2v) is 6.48. The lowest BCUT2D eigenvalue weighted by molar-refractivity contribution is -0.0868. The topological polar surface area (TPSA) is 0 Å². The highest BCUT2D eigenvalue weighted by molar-refractivity contribution is 7.38. The first-order valence-corrected chi connectivity index (χ1v) is 6.66. The molecular weight excluding hydrogens is 325 g/mol. The highest BCUT2D eigenvalue weighted by Gasteiger charge is 2.48. The minimum Gasteiger partial charge on any atom is -1.00 e. The maximum absolute atomic E-state index is 13.2. The van der Waals surface area contributed by atoms with Crippen LogP contribution in [0.5, 0.6) is 0 Å². The van der Waals surface area contributed by atoms with Crippen molar-refractivity contribution in [3.63, 3.8) is 0 Å². The maximum Gasteiger partial charge on any atom is 0.600 e. The molecule has 0 aliphatic heterocycles. The van der Waals surface area contributed by atoms with Crippen molar-refractivity contribution in [1.29, 1.82) is 0 Å². The SMILES string of the molecule is Cc1ccc2cc(C(C)C)[s+](C(F)(F)F)c2c1.[Br-]. The molecule has 2 rings (SSSR count). The lowest BCUT2D eigenvalue weighted by atomic mass is 10.1. The molecule has 2 aromatic rings. The van der Waals surface area contributed by atoms with Crippen LogP contribution >= 0.6 is 10.5 Å². The molecule has 0 saturated heterocycles. The minimum absolute atomic E-state index is 0. The van der Waals surface area contributed by atoms with Crippen LogP contribution in [0.15, 0.2) is 24.3 Å². The molecule has 18 heavy (non-hydrogen) atoms. The van der Waals surface area contributed by atoms with Crippen molar-refractivity contribution in [1.82, 2.24) is 0 Å². The van der Waals surface area contributed by atoms with Crippen LogP contribution in [0.25, 0.3) is 10.1 Å². The van der Waals surface area contributed by atoms with E-state index in [0.717, 1.165) is 10.9 Å². The molecule has 5 heteroatoms. The fourth-order valence-corrected chi connectivity index (χ4v) is 4.09. The van der Waals surface area contributed by atoms with E-state index in [1.165, 1.54) is 0 Å². The fraction of sp³-hybridized carbons (Fsp3) is 0.385. The number of benzene rings is 1. The highest BCUT2D eigenvalue weighted by Crippen LogP contribution is 2.52. The van der Waals surface area contributed by atoms with Gasteiger partial charge < -0.3 is 17.0 Å². The van der Waals surface area contributed by atoms with Gasteiger partial charge in [-0.15, -0.1) is 13.2 Å². The van der Waals surface area contributed by atoms with E-state index in [9.17, 15) is 13.2 Å². The van der Waals surface area contributed by atoms with Crippen molar-refractivity contribution < 1.29 is 30.2 Å². The molecule has 1 unspecified atom stereocenters. The van der Waals surface area contributed by atoms with Gasteiger partial charge in [-0.25, -0.2) is 0 Å². The van der Waals surface area contributed by atoms with E-state index in [1.54, 1.807) is 18.2 Å². The summed E-state index contributed by atoms with van der Waals surface area (Å²) in [6, 6.07) is 7.01. The highest BCUT2D eigenvalue weighted by atomic mass is 79.9. The van der Waals surface area contributed by atoms with E-state index < -0.39 is 16.0 Å². The Morgan fingerprint density at radius 3 is 2.22 bits per heavy atom. The summed E-state index contributed by atoms with van der Waals surface area (Å²) in [4.78, 5) is 0.498. The van der Waals surface area contributed by atoms with Crippen LogP contribution in [0.1, 0.15) is 30.2 Å². The van der Waals surface area contributed by atoms with Gasteiger partial charge in [-0.1, -0.05) is 19.9 Å². The third-order valence-electron chi connectivity index (χ3n) is 2.72. The number of thiophene rings is 1. The number of alkyl halides is 3. The molecule has 0 radical (unpaired) electrons. The molecule has 0 aliphatic rings. The average Bonchev–Trinajstić information content (AvgIpc) is 2.55. The van der Waals surface area contributed by atoms with Gasteiger partial charge in [0.2, 0.25) is 0 Å². The zero-order valence-electron chi connectivity index (χ0n) is 10.3. The van der Waals surface area contributed by atoms with Crippen molar-refractivity contribution in [3.05, 3.63) is 34.7 Å². The largest absolute Gasteiger partial charge is 1.00 e. The van der Waals surface area contributed by atoms with Gasteiger partial charge >= 0.3 is 5.51 Å². The fourth-order valence-electron chi connectivity index (χ4n) is 1.94. The van der Waals surface area contributed by atoms with Gasteiger partial charge in [-0.05, 0) is 18.6 Å². The summed E-state index contributed by atoms with van der Waals surface area (Å²) in [5, 5.41) is 0.722. The van der Waals surface area contributed by atoms with Crippen LogP contribution in [-0.2, 0) is 5.51 Å². The van der Waals surface area contributed by atoms with Crippen molar-refractivity contribution in [3.8, 4) is 0 Å². The van der Waals surface area contributed by atoms with Gasteiger partial charge in [0.15, 0.2) is 9.58 Å². The predicted octanol–water partition coefficient (Wildman–Crippen LogP) is 2.50. The molecule has 1 heterocycles. The smallest absolute Gasteiger partial charge is 0.600 e. The van der Waals surface area contributed by atoms with Crippen LogP contribution in [0.4, 0.5) is 13.2 Å². The Morgan fingerprint density at radius 1 is 1.11 bits per heavy atom. The predicted molar refractivity (Wildman–Crippen MR) is 66.6 cm³/mol. The second-order valence-electron chi connectivity index (χ2n) is 4.49. The molecule has 0 nitrogen and oxygen atoms in total. The van der Waals surface area contributed by atoms with E-state index in [2.05, 4.69) is 0 Å². The van der Waals surface area contributed by atoms with E-state index in [0.29, 0.717) is 9.58 Å². The van der Waals surface area contributed by atoms with E-state index >= 15 is 0 Å². The van der Waals surface area contributed by atoms with Crippen LogP contribution < -0.4 is 17.0 Å². The summed E-state index contributed by atoms with van der Waals surface area (Å²) in [5.74, 6) is -0.0762. The van der Waals surface area contributed by atoms with E-state index in [-0.39, 0.29) is 22.9 Å². The van der Waals surface area contributed by atoms with Crippen molar-refractivity contribution >= 4 is 20.6 Å². The molecule has 0 N–H and O–H groups in total. The van der Waals surface area contributed by atoms with Gasteiger partial charge in [0.25, 0.3) is 0 Å². The Kier molecular flexibility index (Phi) is 4.49. The Hall–Kier alpha value is -0.550. The number of aryl methyl sites for hydroxylation is 1. The van der Waals surface area contributed by atoms with Crippen LogP contribution in [0.3, 0.4) is 0 Å². The molecule has 1 aromatic heterocycles. The van der Waals surface area contributed by atoms with Crippen molar-refractivity contribution in [2.45, 2.75) is 32.2 Å². The van der Waals surface area contributed by atoms with Gasteiger partial charge in [0.05, 0.1) is 10.5 Å². The summed E-state index contributed by atoms with van der Waals surface area (Å²) in [6.45, 7) is 5.46. The Labute approximate surface area is 118 Å². The Bertz CT molecular complexity index is 555. The van der Waals surface area contributed by atoms with Gasteiger partial charge in [-0.3, -0.25) is 0 Å². The zero-order chi connectivity index (χ0) is 12.8. The average molecular weight is 339 g/mol. The molecule has 0 aliphatic carbocycles. The number of hydrogen-bond donors (Lipinski definition) is 0. The summed E-state index contributed by atoms with van der Waals surface area (Å²) in [7, 11) is -1.74. The third kappa shape index (κ3) is 2.72. The quantitative estimate of drug-likeness (QED) is 0.701. The second kappa shape index (κ2) is 5.21. The normalized spacial score (nSPS) is 12.9. The molecular formula is C13H14BrF3S. The van der Waals surface area contributed by atoms with Gasteiger partial charge in [0.1, 0.15) is 0 Å². The van der Waals surface area contributed by atoms with Crippen molar-refractivity contribution in [2.24, 2.45) is 0 Å². The molecule has 1 aromatic carbocycles. The Morgan fingerprint density at radius 2 is 1.72 bits per heavy atom. The summed E-state index contributed by atoms with van der Waals surface area (Å²) in [5.41, 5.74) is -3.29. The molecule has 0 spiro atoms. The number of fused-ring (bicyclic) bond motifs is 1. The van der Waals surface area contributed by atoms with Crippen molar-refractivity contribution in [2.75, 3.05) is 0 Å². The number of hydrogen-bond acceptors (Lipinski definition) is 0. The summed E-state index contributed by atoms with van der Waals surface area (Å²) >= 11 is 0. The first-order valence-electron chi connectivity index (χ1n) is 5.44. The Balaban J connectivity index is 0.00000162. The van der Waals surface area contributed by atoms with E-state index in [1.807, 2.05) is 26.8 Å². The lowest BCUT2D eigenvalue weighted by Gasteiger charge is -2.02. The molecule has 100 valence electrons. The maximum atomic E-state index is 13.2. The summed E-state index contributed by atoms with van der Waals surface area (Å²) in [6.07, 6.45) is 0. The molecule has 0 bridgehead atoms.